The van der Waals surface area contributed by atoms with Crippen molar-refractivity contribution in [3.63, 3.8) is 0 Å². The fourth-order valence-corrected chi connectivity index (χ4v) is 3.29. The Kier molecular flexibility index (Phi) is 6.15. The number of nitrogens with one attached hydrogen (secondary N) is 2. The van der Waals surface area contributed by atoms with Gasteiger partial charge in [0.1, 0.15) is 12.4 Å². The van der Waals surface area contributed by atoms with E-state index in [2.05, 4.69) is 10.6 Å². The normalized spacial score (nSPS) is 15.5. The highest BCUT2D eigenvalue weighted by Crippen LogP contribution is 2.38. The highest BCUT2D eigenvalue weighted by Gasteiger charge is 2.37. The van der Waals surface area contributed by atoms with Crippen LogP contribution in [0.25, 0.3) is 0 Å². The molecule has 0 atom stereocenters. The van der Waals surface area contributed by atoms with Crippen molar-refractivity contribution in [3.05, 3.63) is 48.0 Å². The maximum Gasteiger partial charge on any atom is 0.418 e. The lowest BCUT2D eigenvalue weighted by Gasteiger charge is -2.27. The Bertz CT molecular complexity index is 989. The van der Waals surface area contributed by atoms with Crippen LogP contribution in [0.15, 0.2) is 42.5 Å². The molecule has 1 aliphatic rings. The van der Waals surface area contributed by atoms with Gasteiger partial charge in [0.25, 0.3) is 0 Å². The van der Waals surface area contributed by atoms with Crippen molar-refractivity contribution >= 4 is 29.0 Å². The number of nitrogens with zero attached hydrogens (tertiary/aromatic N) is 1. The number of amides is 3. The van der Waals surface area contributed by atoms with Crippen molar-refractivity contribution in [1.29, 1.82) is 0 Å². The molecule has 0 fully saturated rings. The van der Waals surface area contributed by atoms with Crippen molar-refractivity contribution in [2.45, 2.75) is 33.4 Å². The lowest BCUT2D eigenvalue weighted by Crippen LogP contribution is -2.42. The van der Waals surface area contributed by atoms with E-state index in [0.29, 0.717) is 23.7 Å². The summed E-state index contributed by atoms with van der Waals surface area (Å²) in [7, 11) is 0. The Morgan fingerprint density at radius 1 is 1.16 bits per heavy atom. The summed E-state index contributed by atoms with van der Waals surface area (Å²) in [5.41, 5.74) is -1.10. The van der Waals surface area contributed by atoms with Gasteiger partial charge in [0.05, 0.1) is 22.4 Å². The van der Waals surface area contributed by atoms with E-state index in [9.17, 15) is 22.8 Å². The molecule has 2 aromatic carbocycles. The molecule has 9 heteroatoms. The molecule has 0 bridgehead atoms. The van der Waals surface area contributed by atoms with Crippen molar-refractivity contribution in [2.24, 2.45) is 5.41 Å². The van der Waals surface area contributed by atoms with Crippen LogP contribution in [0.1, 0.15) is 32.8 Å². The first-order valence-corrected chi connectivity index (χ1v) is 9.86. The number of carbonyl (C=O) groups is 2. The SMILES string of the molecule is CCCN1C(=O)C(C)(C)COc2cc(NC(=O)Nc3ccccc3C(F)(F)F)ccc21. The fraction of sp³-hybridized carbons (Fsp3) is 0.364. The van der Waals surface area contributed by atoms with Crippen LogP contribution >= 0.6 is 0 Å². The van der Waals surface area contributed by atoms with Gasteiger partial charge in [0.2, 0.25) is 5.91 Å². The van der Waals surface area contributed by atoms with Crippen molar-refractivity contribution in [3.8, 4) is 5.75 Å². The monoisotopic (exact) mass is 435 g/mol. The molecule has 0 spiro atoms. The minimum Gasteiger partial charge on any atom is -0.490 e. The second-order valence-corrected chi connectivity index (χ2v) is 7.93. The maximum atomic E-state index is 13.1. The summed E-state index contributed by atoms with van der Waals surface area (Å²) in [5.74, 6) is 0.358. The predicted octanol–water partition coefficient (Wildman–Crippen LogP) is 5.51. The van der Waals surface area contributed by atoms with Gasteiger partial charge in [-0.25, -0.2) is 4.79 Å². The standard InChI is InChI=1S/C22H24F3N3O3/c1-4-11-28-17-10-9-14(12-18(17)31-13-21(2,3)19(28)29)26-20(30)27-16-8-6-5-7-15(16)22(23,24)25/h5-10,12H,4,11,13H2,1-3H3,(H2,26,27,30). The summed E-state index contributed by atoms with van der Waals surface area (Å²) in [5, 5.41) is 4.75. The topological polar surface area (TPSA) is 70.7 Å². The Balaban J connectivity index is 1.82. The summed E-state index contributed by atoms with van der Waals surface area (Å²) in [4.78, 5) is 26.9. The molecule has 1 heterocycles. The van der Waals surface area contributed by atoms with Crippen LogP contribution < -0.4 is 20.3 Å². The number of rotatable bonds is 4. The predicted molar refractivity (Wildman–Crippen MR) is 112 cm³/mol. The van der Waals surface area contributed by atoms with Gasteiger partial charge in [-0.3, -0.25) is 4.79 Å². The number of para-hydroxylation sites is 1. The third-order valence-electron chi connectivity index (χ3n) is 4.85. The second kappa shape index (κ2) is 8.49. The molecule has 3 amide bonds. The molecule has 0 saturated carbocycles. The molecule has 0 radical (unpaired) electrons. The smallest absolute Gasteiger partial charge is 0.418 e. The Hall–Kier alpha value is -3.23. The van der Waals surface area contributed by atoms with Gasteiger partial charge in [-0.15, -0.1) is 0 Å². The molecular formula is C22H24F3N3O3. The number of ether oxygens (including phenoxy) is 1. The average molecular weight is 435 g/mol. The number of halogens is 3. The van der Waals surface area contributed by atoms with Gasteiger partial charge in [-0.05, 0) is 44.5 Å². The number of fused-ring (bicyclic) bond motifs is 1. The van der Waals surface area contributed by atoms with Crippen LogP contribution in [-0.2, 0) is 11.0 Å². The largest absolute Gasteiger partial charge is 0.490 e. The molecule has 166 valence electrons. The number of urea groups is 1. The van der Waals surface area contributed by atoms with Gasteiger partial charge in [0.15, 0.2) is 0 Å². The van der Waals surface area contributed by atoms with Gasteiger partial charge in [-0.2, -0.15) is 13.2 Å². The number of benzene rings is 2. The van der Waals surface area contributed by atoms with E-state index in [-0.39, 0.29) is 18.2 Å². The van der Waals surface area contributed by atoms with E-state index in [4.69, 9.17) is 4.74 Å². The van der Waals surface area contributed by atoms with E-state index in [1.165, 1.54) is 18.2 Å². The molecule has 3 rings (SSSR count). The molecule has 2 N–H and O–H groups in total. The van der Waals surface area contributed by atoms with Crippen LogP contribution in [0.4, 0.5) is 35.0 Å². The first-order chi connectivity index (χ1) is 14.5. The molecule has 0 saturated heterocycles. The van der Waals surface area contributed by atoms with Crippen LogP contribution in [-0.4, -0.2) is 25.1 Å². The number of carbonyl (C=O) groups excluding carboxylic acids is 2. The molecular weight excluding hydrogens is 411 g/mol. The zero-order valence-corrected chi connectivity index (χ0v) is 17.5. The lowest BCUT2D eigenvalue weighted by atomic mass is 9.93. The molecule has 2 aromatic rings. The molecule has 1 aliphatic heterocycles. The highest BCUT2D eigenvalue weighted by atomic mass is 19.4. The molecule has 31 heavy (non-hydrogen) atoms. The van der Waals surface area contributed by atoms with Crippen LogP contribution in [0.2, 0.25) is 0 Å². The van der Waals surface area contributed by atoms with E-state index in [1.807, 2.05) is 6.92 Å². The Morgan fingerprint density at radius 2 is 1.87 bits per heavy atom. The average Bonchev–Trinajstić information content (AvgIpc) is 2.78. The van der Waals surface area contributed by atoms with Crippen LogP contribution in [0.3, 0.4) is 0 Å². The number of hydrogen-bond acceptors (Lipinski definition) is 3. The van der Waals surface area contributed by atoms with Crippen molar-refractivity contribution in [2.75, 3.05) is 28.7 Å². The zero-order valence-electron chi connectivity index (χ0n) is 17.5. The molecule has 0 aromatic heterocycles. The third-order valence-corrected chi connectivity index (χ3v) is 4.85. The Labute approximate surface area is 178 Å². The summed E-state index contributed by atoms with van der Waals surface area (Å²) in [6.45, 7) is 6.24. The molecule has 0 unspecified atom stereocenters. The van der Waals surface area contributed by atoms with E-state index in [0.717, 1.165) is 12.5 Å². The third kappa shape index (κ3) is 4.92. The van der Waals surface area contributed by atoms with Crippen molar-refractivity contribution < 1.29 is 27.5 Å². The van der Waals surface area contributed by atoms with E-state index < -0.39 is 23.2 Å². The molecule has 6 nitrogen and oxygen atoms in total. The van der Waals surface area contributed by atoms with Gasteiger partial charge in [0, 0.05) is 18.3 Å². The van der Waals surface area contributed by atoms with E-state index in [1.54, 1.807) is 36.9 Å². The molecule has 0 aliphatic carbocycles. The second-order valence-electron chi connectivity index (χ2n) is 7.93. The summed E-state index contributed by atoms with van der Waals surface area (Å²) in [6.07, 6.45) is -3.84. The van der Waals surface area contributed by atoms with Crippen LogP contribution in [0.5, 0.6) is 5.75 Å². The summed E-state index contributed by atoms with van der Waals surface area (Å²) in [6, 6.07) is 8.69. The zero-order chi connectivity index (χ0) is 22.8. The quantitative estimate of drug-likeness (QED) is 0.665. The van der Waals surface area contributed by atoms with E-state index >= 15 is 0 Å². The number of alkyl halides is 3. The minimum atomic E-state index is -4.59. The van der Waals surface area contributed by atoms with Crippen LogP contribution in [0, 0.1) is 5.41 Å². The Morgan fingerprint density at radius 3 is 2.55 bits per heavy atom. The highest BCUT2D eigenvalue weighted by molar-refractivity contribution is 6.02. The summed E-state index contributed by atoms with van der Waals surface area (Å²) < 4.78 is 45.2. The maximum absolute atomic E-state index is 13.1. The fourth-order valence-electron chi connectivity index (χ4n) is 3.29. The lowest BCUT2D eigenvalue weighted by molar-refractivity contribution is -0.137. The van der Waals surface area contributed by atoms with Gasteiger partial charge >= 0.3 is 12.2 Å². The van der Waals surface area contributed by atoms with Crippen molar-refractivity contribution in [1.82, 2.24) is 0 Å². The van der Waals surface area contributed by atoms with Gasteiger partial charge in [-0.1, -0.05) is 19.1 Å². The number of anilines is 3. The summed E-state index contributed by atoms with van der Waals surface area (Å²) >= 11 is 0. The first-order valence-electron chi connectivity index (χ1n) is 9.86. The van der Waals surface area contributed by atoms with Gasteiger partial charge < -0.3 is 20.3 Å². The number of hydrogen-bond donors (Lipinski definition) is 2. The first kappa shape index (κ1) is 22.5. The minimum absolute atomic E-state index is 0.0599.